The van der Waals surface area contributed by atoms with Crippen molar-refractivity contribution in [3.05, 3.63) is 71.7 Å². The highest BCUT2D eigenvalue weighted by molar-refractivity contribution is 8.00. The summed E-state index contributed by atoms with van der Waals surface area (Å²) in [6.07, 6.45) is 8.38. The third-order valence-corrected chi connectivity index (χ3v) is 8.78. The Hall–Kier alpha value is -2.91. The van der Waals surface area contributed by atoms with Crippen LogP contribution >= 0.6 is 11.8 Å². The van der Waals surface area contributed by atoms with Crippen LogP contribution in [0.3, 0.4) is 0 Å². The zero-order valence-electron chi connectivity index (χ0n) is 23.4. The van der Waals surface area contributed by atoms with E-state index in [2.05, 4.69) is 114 Å². The van der Waals surface area contributed by atoms with Crippen molar-refractivity contribution in [2.24, 2.45) is 17.9 Å². The SMILES string of the molecule is Cc1c2c(c(CC(C)(C)C)c3cnccc13)Sc1cc3ccc(CC(C)(C)C)cc3c3cc[n+](C)c-2c13. The molecule has 5 aromatic rings. The largest absolute Gasteiger partial charge is 0.264 e. The normalized spacial score (nSPS) is 13.5. The van der Waals surface area contributed by atoms with E-state index in [1.54, 1.807) is 0 Å². The van der Waals surface area contributed by atoms with Gasteiger partial charge in [0.1, 0.15) is 7.05 Å². The molecule has 2 nitrogen and oxygen atoms in total. The Bertz CT molecular complexity index is 1730. The average Bonchev–Trinajstić information content (AvgIpc) is 2.81. The zero-order valence-corrected chi connectivity index (χ0v) is 24.2. The van der Waals surface area contributed by atoms with Crippen LogP contribution in [0, 0.1) is 17.8 Å². The molecule has 2 aromatic heterocycles. The molecule has 0 saturated heterocycles. The van der Waals surface area contributed by atoms with Gasteiger partial charge in [-0.1, -0.05) is 71.5 Å². The zero-order chi connectivity index (χ0) is 26.3. The fraction of sp³-hybridized carbons (Fsp3) is 0.353. The Labute approximate surface area is 225 Å². The van der Waals surface area contributed by atoms with Gasteiger partial charge in [-0.15, -0.1) is 0 Å². The first-order valence-electron chi connectivity index (χ1n) is 13.4. The van der Waals surface area contributed by atoms with Gasteiger partial charge in [-0.05, 0) is 75.6 Å². The second-order valence-corrected chi connectivity index (χ2v) is 14.4. The molecule has 3 aromatic carbocycles. The van der Waals surface area contributed by atoms with Gasteiger partial charge in [-0.2, -0.15) is 0 Å². The molecular weight excluding hydrogens is 468 g/mol. The second kappa shape index (κ2) is 8.30. The molecule has 0 aliphatic carbocycles. The molecule has 0 radical (unpaired) electrons. The van der Waals surface area contributed by atoms with E-state index in [0.29, 0.717) is 0 Å². The van der Waals surface area contributed by atoms with E-state index in [0.717, 1.165) is 12.8 Å². The number of benzene rings is 3. The number of nitrogens with zero attached hydrogens (tertiary/aromatic N) is 2. The molecule has 3 heteroatoms. The fourth-order valence-electron chi connectivity index (χ4n) is 6.16. The molecule has 1 aliphatic rings. The highest BCUT2D eigenvalue weighted by Crippen LogP contribution is 2.53. The van der Waals surface area contributed by atoms with Crippen molar-refractivity contribution in [3.63, 3.8) is 0 Å². The highest BCUT2D eigenvalue weighted by atomic mass is 32.2. The number of pyridine rings is 2. The van der Waals surface area contributed by atoms with Gasteiger partial charge in [-0.25, -0.2) is 4.57 Å². The van der Waals surface area contributed by atoms with Crippen molar-refractivity contribution >= 4 is 44.1 Å². The molecule has 6 rings (SSSR count). The lowest BCUT2D eigenvalue weighted by Gasteiger charge is -2.28. The first-order valence-corrected chi connectivity index (χ1v) is 14.2. The lowest BCUT2D eigenvalue weighted by Crippen LogP contribution is -2.32. The summed E-state index contributed by atoms with van der Waals surface area (Å²) in [6.45, 7) is 16.3. The van der Waals surface area contributed by atoms with Crippen LogP contribution in [0.1, 0.15) is 58.2 Å². The van der Waals surface area contributed by atoms with E-state index in [4.69, 9.17) is 0 Å². The van der Waals surface area contributed by atoms with Gasteiger partial charge in [0.25, 0.3) is 0 Å². The molecule has 0 spiro atoms. The molecule has 0 atom stereocenters. The van der Waals surface area contributed by atoms with E-state index in [1.807, 2.05) is 18.0 Å². The maximum atomic E-state index is 4.55. The molecule has 0 saturated carbocycles. The van der Waals surface area contributed by atoms with E-state index < -0.39 is 0 Å². The van der Waals surface area contributed by atoms with Crippen molar-refractivity contribution in [1.29, 1.82) is 0 Å². The third kappa shape index (κ3) is 4.12. The molecule has 0 unspecified atom stereocenters. The molecule has 0 bridgehead atoms. The number of rotatable bonds is 2. The molecule has 1 aliphatic heterocycles. The predicted octanol–water partition coefficient (Wildman–Crippen LogP) is 8.98. The molecule has 0 fully saturated rings. The second-order valence-electron chi connectivity index (χ2n) is 13.3. The smallest absolute Gasteiger partial charge is 0.222 e. The minimum atomic E-state index is 0.174. The minimum absolute atomic E-state index is 0.174. The monoisotopic (exact) mass is 505 g/mol. The molecule has 37 heavy (non-hydrogen) atoms. The fourth-order valence-corrected chi connectivity index (χ4v) is 7.53. The van der Waals surface area contributed by atoms with Crippen molar-refractivity contribution in [3.8, 4) is 11.3 Å². The number of aromatic nitrogens is 2. The van der Waals surface area contributed by atoms with Crippen LogP contribution in [0.2, 0.25) is 0 Å². The minimum Gasteiger partial charge on any atom is -0.264 e. The van der Waals surface area contributed by atoms with Gasteiger partial charge in [-0.3, -0.25) is 4.98 Å². The maximum absolute atomic E-state index is 4.55. The number of fused-ring (bicyclic) bond motifs is 5. The Balaban J connectivity index is 1.72. The number of hydrogen-bond acceptors (Lipinski definition) is 2. The summed E-state index contributed by atoms with van der Waals surface area (Å²) in [4.78, 5) is 7.33. The van der Waals surface area contributed by atoms with Crippen molar-refractivity contribution in [2.75, 3.05) is 0 Å². The number of aryl methyl sites for hydroxylation is 2. The highest BCUT2D eigenvalue weighted by Gasteiger charge is 2.33. The van der Waals surface area contributed by atoms with Crippen molar-refractivity contribution < 1.29 is 4.57 Å². The molecule has 0 N–H and O–H groups in total. The first-order chi connectivity index (χ1) is 17.4. The summed E-state index contributed by atoms with van der Waals surface area (Å²) in [6, 6.07) is 14.1. The van der Waals surface area contributed by atoms with Gasteiger partial charge >= 0.3 is 0 Å². The Morgan fingerprint density at radius 2 is 1.59 bits per heavy atom. The van der Waals surface area contributed by atoms with Gasteiger partial charge in [0.2, 0.25) is 5.69 Å². The lowest BCUT2D eigenvalue weighted by atomic mass is 9.83. The van der Waals surface area contributed by atoms with Crippen LogP contribution in [-0.2, 0) is 19.9 Å². The van der Waals surface area contributed by atoms with Crippen molar-refractivity contribution in [1.82, 2.24) is 4.98 Å². The standard InChI is InChI=1S/C34H37N2S/c1-20-23-11-13-35-19-27(23)26(18-34(5,6)7)32-29(20)31-30-24(12-14-36(31)8)25-15-21(17-33(2,3)4)9-10-22(25)16-28(30)37-32/h9-16,19H,17-18H2,1-8H3/q+1. The predicted molar refractivity (Wildman–Crippen MR) is 159 cm³/mol. The van der Waals surface area contributed by atoms with Crippen LogP contribution in [0.15, 0.2) is 64.8 Å². The number of hydrogen-bond donors (Lipinski definition) is 0. The van der Waals surface area contributed by atoms with Crippen LogP contribution in [-0.4, -0.2) is 4.98 Å². The van der Waals surface area contributed by atoms with Crippen LogP contribution in [0.5, 0.6) is 0 Å². The quantitative estimate of drug-likeness (QED) is 0.172. The maximum Gasteiger partial charge on any atom is 0.222 e. The van der Waals surface area contributed by atoms with E-state index in [-0.39, 0.29) is 10.8 Å². The Kier molecular flexibility index (Phi) is 5.48. The van der Waals surface area contributed by atoms with Crippen molar-refractivity contribution in [2.45, 2.75) is 71.1 Å². The molecular formula is C34H37N2S+. The van der Waals surface area contributed by atoms with E-state index in [9.17, 15) is 0 Å². The summed E-state index contributed by atoms with van der Waals surface area (Å²) in [5.41, 5.74) is 7.38. The molecule has 3 heterocycles. The summed E-state index contributed by atoms with van der Waals surface area (Å²) >= 11 is 1.97. The van der Waals surface area contributed by atoms with E-state index in [1.165, 1.54) is 70.1 Å². The van der Waals surface area contributed by atoms with Gasteiger partial charge in [0.05, 0.1) is 10.9 Å². The summed E-state index contributed by atoms with van der Waals surface area (Å²) in [7, 11) is 2.21. The summed E-state index contributed by atoms with van der Waals surface area (Å²) in [5, 5.41) is 8.06. The van der Waals surface area contributed by atoms with Gasteiger partial charge in [0, 0.05) is 39.0 Å². The summed E-state index contributed by atoms with van der Waals surface area (Å²) in [5.74, 6) is 0. The van der Waals surface area contributed by atoms with Crippen LogP contribution < -0.4 is 4.57 Å². The van der Waals surface area contributed by atoms with Gasteiger partial charge < -0.3 is 0 Å². The Morgan fingerprint density at radius 1 is 0.838 bits per heavy atom. The topological polar surface area (TPSA) is 16.8 Å². The lowest BCUT2D eigenvalue weighted by molar-refractivity contribution is -0.659. The summed E-state index contributed by atoms with van der Waals surface area (Å²) < 4.78 is 2.34. The van der Waals surface area contributed by atoms with Crippen LogP contribution in [0.4, 0.5) is 0 Å². The average molecular weight is 506 g/mol. The van der Waals surface area contributed by atoms with E-state index >= 15 is 0 Å². The molecule has 188 valence electrons. The van der Waals surface area contributed by atoms with Gasteiger partial charge in [0.15, 0.2) is 6.20 Å². The third-order valence-electron chi connectivity index (χ3n) is 7.58. The Morgan fingerprint density at radius 3 is 2.32 bits per heavy atom. The molecule has 0 amide bonds. The van der Waals surface area contributed by atoms with Crippen LogP contribution in [0.25, 0.3) is 43.6 Å². The first kappa shape index (κ1) is 24.4.